The predicted octanol–water partition coefficient (Wildman–Crippen LogP) is 1.49. The number of nitrogens with one attached hydrogen (secondary N) is 2. The van der Waals surface area contributed by atoms with Crippen molar-refractivity contribution in [3.63, 3.8) is 0 Å². The van der Waals surface area contributed by atoms with E-state index in [0.29, 0.717) is 5.56 Å². The van der Waals surface area contributed by atoms with Crippen molar-refractivity contribution >= 4 is 33.3 Å². The smallest absolute Gasteiger partial charge is 0.257 e. The number of benzene rings is 2. The summed E-state index contributed by atoms with van der Waals surface area (Å²) in [5.41, 5.74) is 0.636. The zero-order chi connectivity index (χ0) is 23.7. The lowest BCUT2D eigenvalue weighted by Crippen LogP contribution is -2.36. The van der Waals surface area contributed by atoms with E-state index >= 15 is 0 Å². The number of sulfone groups is 1. The maximum atomic E-state index is 13.3. The van der Waals surface area contributed by atoms with E-state index in [1.54, 1.807) is 12.1 Å². The highest BCUT2D eigenvalue weighted by Gasteiger charge is 2.11. The number of aliphatic hydroxyl groups is 1. The van der Waals surface area contributed by atoms with E-state index in [1.807, 2.05) is 0 Å². The molecule has 2 aromatic carbocycles. The van der Waals surface area contributed by atoms with Crippen molar-refractivity contribution in [2.45, 2.75) is 23.8 Å². The molecule has 0 bridgehead atoms. The molecule has 1 atom stereocenters. The lowest BCUT2D eigenvalue weighted by molar-refractivity contribution is -0.123. The number of rotatable bonds is 11. The number of hydrogen-bond donors (Lipinski definition) is 3. The van der Waals surface area contributed by atoms with E-state index in [4.69, 9.17) is 16.3 Å². The van der Waals surface area contributed by atoms with Gasteiger partial charge < -0.3 is 20.5 Å². The fourth-order valence-electron chi connectivity index (χ4n) is 2.58. The number of amides is 2. The third kappa shape index (κ3) is 8.81. The minimum Gasteiger partial charge on any atom is -0.484 e. The number of aliphatic hydroxyl groups excluding tert-OH is 1. The second-order valence-corrected chi connectivity index (χ2v) is 9.48. The lowest BCUT2D eigenvalue weighted by atomic mass is 10.1. The summed E-state index contributed by atoms with van der Waals surface area (Å²) in [6.07, 6.45) is 0.464. The largest absolute Gasteiger partial charge is 0.484 e. The van der Waals surface area contributed by atoms with Crippen LogP contribution >= 0.6 is 11.6 Å². The van der Waals surface area contributed by atoms with Crippen LogP contribution in [0.2, 0.25) is 5.02 Å². The molecule has 0 heterocycles. The van der Waals surface area contributed by atoms with Gasteiger partial charge in [0.05, 0.1) is 22.4 Å². The topological polar surface area (TPSA) is 122 Å². The molecule has 1 unspecified atom stereocenters. The highest BCUT2D eigenvalue weighted by atomic mass is 35.5. The molecule has 2 aromatic rings. The molecule has 174 valence electrons. The number of carbonyl (C=O) groups excluding carboxylic acids is 2. The Morgan fingerprint density at radius 3 is 2.44 bits per heavy atom. The summed E-state index contributed by atoms with van der Waals surface area (Å²) in [5, 5.41) is 15.0. The minimum atomic E-state index is -3.30. The molecule has 2 rings (SSSR count). The molecule has 0 aliphatic carbocycles. The molecule has 2 amide bonds. The second kappa shape index (κ2) is 11.8. The fraction of sp³-hybridized carbons (Fsp3) is 0.333. The first kappa shape index (κ1) is 25.6. The molecule has 0 saturated heterocycles. The van der Waals surface area contributed by atoms with Crippen LogP contribution in [0.25, 0.3) is 0 Å². The van der Waals surface area contributed by atoms with Crippen LogP contribution in [0, 0.1) is 5.82 Å². The van der Waals surface area contributed by atoms with E-state index in [9.17, 15) is 27.5 Å². The van der Waals surface area contributed by atoms with Crippen LogP contribution in [0.3, 0.4) is 0 Å². The van der Waals surface area contributed by atoms with Crippen molar-refractivity contribution in [2.24, 2.45) is 0 Å². The summed E-state index contributed by atoms with van der Waals surface area (Å²) in [4.78, 5) is 23.9. The van der Waals surface area contributed by atoms with Crippen LogP contribution in [0.5, 0.6) is 5.75 Å². The Labute approximate surface area is 190 Å². The Morgan fingerprint density at radius 1 is 1.12 bits per heavy atom. The third-order valence-electron chi connectivity index (χ3n) is 4.31. The van der Waals surface area contributed by atoms with E-state index in [2.05, 4.69) is 10.6 Å². The van der Waals surface area contributed by atoms with Crippen molar-refractivity contribution in [3.8, 4) is 5.75 Å². The Balaban J connectivity index is 1.63. The highest BCUT2D eigenvalue weighted by Crippen LogP contribution is 2.20. The fourth-order valence-corrected chi connectivity index (χ4v) is 3.33. The number of hydrogen-bond acceptors (Lipinski definition) is 6. The van der Waals surface area contributed by atoms with Crippen LogP contribution in [-0.2, 0) is 25.8 Å². The molecule has 3 N–H and O–H groups in total. The first-order valence-electron chi connectivity index (χ1n) is 9.63. The molecule has 32 heavy (non-hydrogen) atoms. The molecule has 0 spiro atoms. The van der Waals surface area contributed by atoms with Crippen molar-refractivity contribution in [1.29, 1.82) is 0 Å². The summed E-state index contributed by atoms with van der Waals surface area (Å²) in [7, 11) is -3.30. The van der Waals surface area contributed by atoms with Gasteiger partial charge in [-0.3, -0.25) is 9.59 Å². The summed E-state index contributed by atoms with van der Waals surface area (Å²) in [6, 6.07) is 9.81. The molecular formula is C21H24ClFN2O6S. The number of carbonyl (C=O) groups is 2. The van der Waals surface area contributed by atoms with Gasteiger partial charge in [-0.25, -0.2) is 12.8 Å². The van der Waals surface area contributed by atoms with Gasteiger partial charge >= 0.3 is 0 Å². The van der Waals surface area contributed by atoms with E-state index < -0.39 is 27.7 Å². The van der Waals surface area contributed by atoms with Gasteiger partial charge in [0.1, 0.15) is 11.6 Å². The Kier molecular flexibility index (Phi) is 9.42. The zero-order valence-corrected chi connectivity index (χ0v) is 18.9. The zero-order valence-electron chi connectivity index (χ0n) is 17.3. The molecule has 11 heteroatoms. The first-order valence-corrected chi connectivity index (χ1v) is 11.9. The maximum Gasteiger partial charge on any atom is 0.257 e. The molecule has 0 fully saturated rings. The Bertz CT molecular complexity index is 1050. The molecular weight excluding hydrogens is 463 g/mol. The third-order valence-corrected chi connectivity index (χ3v) is 5.75. The second-order valence-electron chi connectivity index (χ2n) is 7.05. The van der Waals surface area contributed by atoms with Gasteiger partial charge in [-0.15, -0.1) is 0 Å². The van der Waals surface area contributed by atoms with Gasteiger partial charge in [0, 0.05) is 25.4 Å². The predicted molar refractivity (Wildman–Crippen MR) is 117 cm³/mol. The van der Waals surface area contributed by atoms with E-state index in [0.717, 1.165) is 12.3 Å². The van der Waals surface area contributed by atoms with Gasteiger partial charge in [0.15, 0.2) is 16.4 Å². The van der Waals surface area contributed by atoms with Crippen LogP contribution in [0.4, 0.5) is 4.39 Å². The van der Waals surface area contributed by atoms with Crippen LogP contribution in [0.15, 0.2) is 47.4 Å². The van der Waals surface area contributed by atoms with Gasteiger partial charge in [0.2, 0.25) is 5.91 Å². The van der Waals surface area contributed by atoms with Crippen molar-refractivity contribution in [2.75, 3.05) is 26.0 Å². The first-order chi connectivity index (χ1) is 15.0. The highest BCUT2D eigenvalue weighted by molar-refractivity contribution is 7.90. The van der Waals surface area contributed by atoms with Crippen molar-refractivity contribution in [3.05, 3.63) is 58.9 Å². The average molecular weight is 487 g/mol. The summed E-state index contributed by atoms with van der Waals surface area (Å²) >= 11 is 5.57. The summed E-state index contributed by atoms with van der Waals surface area (Å²) in [6.45, 7) is -0.177. The van der Waals surface area contributed by atoms with E-state index in [1.165, 1.54) is 24.3 Å². The van der Waals surface area contributed by atoms with Gasteiger partial charge in [-0.05, 0) is 36.2 Å². The molecule has 0 radical (unpaired) electrons. The standard InChI is InChI=1S/C21H24ClFN2O6S/c1-32(29,30)17-5-2-14(3-6-17)10-20(27)25-12-15(26)8-9-24-21(28)13-31-16-4-7-18(22)19(23)11-16/h2-7,11,15,26H,8-10,12-13H2,1H3,(H,24,28)(H,25,27). The molecule has 8 nitrogen and oxygen atoms in total. The van der Waals surface area contributed by atoms with Gasteiger partial charge in [-0.1, -0.05) is 23.7 Å². The van der Waals surface area contributed by atoms with E-state index in [-0.39, 0.29) is 54.1 Å². The SMILES string of the molecule is CS(=O)(=O)c1ccc(CC(=O)NCC(O)CCNC(=O)COc2ccc(Cl)c(F)c2)cc1. The maximum absolute atomic E-state index is 13.3. The number of ether oxygens (including phenoxy) is 1. The normalized spacial score (nSPS) is 12.1. The van der Waals surface area contributed by atoms with Gasteiger partial charge in [0.25, 0.3) is 5.91 Å². The van der Waals surface area contributed by atoms with Crippen molar-refractivity contribution < 1.29 is 32.2 Å². The molecule has 0 aliphatic heterocycles. The minimum absolute atomic E-state index is 0.00330. The Hall–Kier alpha value is -2.69. The van der Waals surface area contributed by atoms with Gasteiger partial charge in [-0.2, -0.15) is 0 Å². The summed E-state index contributed by atoms with van der Waals surface area (Å²) < 4.78 is 41.3. The van der Waals surface area contributed by atoms with Crippen molar-refractivity contribution in [1.82, 2.24) is 10.6 Å². The van der Waals surface area contributed by atoms with Crippen LogP contribution in [-0.4, -0.2) is 57.4 Å². The number of halogens is 2. The lowest BCUT2D eigenvalue weighted by Gasteiger charge is -2.13. The Morgan fingerprint density at radius 2 is 1.81 bits per heavy atom. The molecule has 0 saturated carbocycles. The quantitative estimate of drug-likeness (QED) is 0.442. The monoisotopic (exact) mass is 486 g/mol. The van der Waals surface area contributed by atoms with Crippen LogP contribution < -0.4 is 15.4 Å². The van der Waals surface area contributed by atoms with Crippen LogP contribution in [0.1, 0.15) is 12.0 Å². The molecule has 0 aliphatic rings. The summed E-state index contributed by atoms with van der Waals surface area (Å²) in [5.74, 6) is -1.27. The average Bonchev–Trinajstić information content (AvgIpc) is 2.73. The molecule has 0 aromatic heterocycles.